The van der Waals surface area contributed by atoms with E-state index in [1.807, 2.05) is 61.5 Å². The van der Waals surface area contributed by atoms with Gasteiger partial charge in [0.15, 0.2) is 23.2 Å². The summed E-state index contributed by atoms with van der Waals surface area (Å²) < 4.78 is 30.5. The van der Waals surface area contributed by atoms with Gasteiger partial charge in [0, 0.05) is 33.4 Å². The largest absolute Gasteiger partial charge is 0.485 e. The van der Waals surface area contributed by atoms with Crippen LogP contribution in [0.1, 0.15) is 39.1 Å². The second-order valence-electron chi connectivity index (χ2n) is 9.96. The van der Waals surface area contributed by atoms with Crippen molar-refractivity contribution in [1.82, 2.24) is 20.1 Å². The molecule has 234 valence electrons. The van der Waals surface area contributed by atoms with Gasteiger partial charge < -0.3 is 29.0 Å². The summed E-state index contributed by atoms with van der Waals surface area (Å²) in [6.07, 6.45) is -3.44. The zero-order valence-electron chi connectivity index (χ0n) is 24.9. The standard InChI is InChI=1S/C30H34N4O9S/c1-17-11-9-10-14-23(17)40-16-25-32-33-30(34(25)22-12-7-6-8-13-22)44-29-26(31-18(2)35)28(42-21(5)38)27(41-20(4)37)24(43-29)15-39-19(3)36/h6-14,24,26-29H,15-16H2,1-5H3,(H,31,35). The second kappa shape index (κ2) is 14.8. The number of amides is 1. The number of rotatable bonds is 11. The number of esters is 3. The Kier molecular flexibility index (Phi) is 11.0. The zero-order chi connectivity index (χ0) is 31.8. The molecule has 4 rings (SSSR count). The molecule has 1 saturated heterocycles. The molecular formula is C30H34N4O9S. The number of hydrogen-bond acceptors (Lipinski definition) is 12. The first-order chi connectivity index (χ1) is 21.0. The van der Waals surface area contributed by atoms with Crippen LogP contribution in [0.25, 0.3) is 5.69 Å². The summed E-state index contributed by atoms with van der Waals surface area (Å²) in [5.41, 5.74) is 0.729. The molecule has 1 fully saturated rings. The second-order valence-corrected chi connectivity index (χ2v) is 11.0. The zero-order valence-corrected chi connectivity index (χ0v) is 25.7. The summed E-state index contributed by atoms with van der Waals surface area (Å²) in [7, 11) is 0. The lowest BCUT2D eigenvalue weighted by Gasteiger charge is -2.44. The van der Waals surface area contributed by atoms with E-state index in [2.05, 4.69) is 15.5 Å². The van der Waals surface area contributed by atoms with E-state index < -0.39 is 53.6 Å². The molecule has 2 aromatic carbocycles. The van der Waals surface area contributed by atoms with Gasteiger partial charge >= 0.3 is 17.9 Å². The molecule has 1 aromatic heterocycles. The van der Waals surface area contributed by atoms with Crippen LogP contribution in [0.15, 0.2) is 59.8 Å². The summed E-state index contributed by atoms with van der Waals surface area (Å²) in [5.74, 6) is -1.21. The quantitative estimate of drug-likeness (QED) is 0.246. The van der Waals surface area contributed by atoms with E-state index in [4.69, 9.17) is 23.7 Å². The highest BCUT2D eigenvalue weighted by Gasteiger charge is 2.51. The highest BCUT2D eigenvalue weighted by atomic mass is 32.2. The number of carbonyl (C=O) groups is 4. The van der Waals surface area contributed by atoms with Crippen LogP contribution in [-0.2, 0) is 44.7 Å². The number of aryl methyl sites for hydroxylation is 1. The number of nitrogens with one attached hydrogen (secondary N) is 1. The predicted molar refractivity (Wildman–Crippen MR) is 157 cm³/mol. The number of ether oxygens (including phenoxy) is 5. The minimum atomic E-state index is -1.20. The molecule has 5 unspecified atom stereocenters. The van der Waals surface area contributed by atoms with Crippen molar-refractivity contribution in [2.75, 3.05) is 6.61 Å². The number of para-hydroxylation sites is 2. The molecule has 1 amide bonds. The number of thioether (sulfide) groups is 1. The van der Waals surface area contributed by atoms with Gasteiger partial charge in [-0.1, -0.05) is 48.2 Å². The lowest BCUT2D eigenvalue weighted by atomic mass is 9.97. The summed E-state index contributed by atoms with van der Waals surface area (Å²) in [6.45, 7) is 6.62. The van der Waals surface area contributed by atoms with E-state index in [0.29, 0.717) is 16.7 Å². The Morgan fingerprint density at radius 1 is 0.886 bits per heavy atom. The summed E-state index contributed by atoms with van der Waals surface area (Å²) in [6, 6.07) is 15.9. The first kappa shape index (κ1) is 32.5. The molecular weight excluding hydrogens is 592 g/mol. The number of nitrogens with zero attached hydrogens (tertiary/aromatic N) is 3. The molecule has 0 saturated carbocycles. The van der Waals surface area contributed by atoms with Crippen molar-refractivity contribution in [3.05, 3.63) is 66.0 Å². The van der Waals surface area contributed by atoms with Crippen molar-refractivity contribution in [2.45, 2.75) is 76.2 Å². The van der Waals surface area contributed by atoms with Crippen LogP contribution in [-0.4, -0.2) is 75.0 Å². The third-order valence-corrected chi connectivity index (χ3v) is 7.57. The van der Waals surface area contributed by atoms with Crippen LogP contribution in [0.5, 0.6) is 5.75 Å². The number of benzene rings is 2. The molecule has 44 heavy (non-hydrogen) atoms. The van der Waals surface area contributed by atoms with Crippen LogP contribution < -0.4 is 10.1 Å². The first-order valence-corrected chi connectivity index (χ1v) is 14.7. The number of carbonyl (C=O) groups excluding carboxylic acids is 4. The Balaban J connectivity index is 1.73. The SMILES string of the molecule is CC(=O)NC1C(Sc2nnc(COc3ccccc3C)n2-c2ccccc2)OC(COC(C)=O)C(OC(C)=O)C1OC(C)=O. The van der Waals surface area contributed by atoms with Crippen molar-refractivity contribution in [1.29, 1.82) is 0 Å². The van der Waals surface area contributed by atoms with Crippen LogP contribution >= 0.6 is 11.8 Å². The first-order valence-electron chi connectivity index (χ1n) is 13.8. The Bertz CT molecular complexity index is 1480. The predicted octanol–water partition coefficient (Wildman–Crippen LogP) is 2.90. The van der Waals surface area contributed by atoms with Crippen molar-refractivity contribution in [3.8, 4) is 11.4 Å². The van der Waals surface area contributed by atoms with Gasteiger partial charge in [0.25, 0.3) is 0 Å². The third kappa shape index (κ3) is 8.35. The van der Waals surface area contributed by atoms with Gasteiger partial charge in [0.05, 0.1) is 0 Å². The molecule has 5 atom stereocenters. The van der Waals surface area contributed by atoms with Crippen LogP contribution in [0, 0.1) is 6.92 Å². The Labute approximate surface area is 258 Å². The van der Waals surface area contributed by atoms with E-state index in [9.17, 15) is 19.2 Å². The fraction of sp³-hybridized carbons (Fsp3) is 0.400. The molecule has 1 N–H and O–H groups in total. The Morgan fingerprint density at radius 2 is 1.55 bits per heavy atom. The van der Waals surface area contributed by atoms with Crippen LogP contribution in [0.2, 0.25) is 0 Å². The average Bonchev–Trinajstić information content (AvgIpc) is 3.36. The van der Waals surface area contributed by atoms with E-state index in [0.717, 1.165) is 23.0 Å². The maximum atomic E-state index is 12.4. The summed E-state index contributed by atoms with van der Waals surface area (Å²) in [5, 5.41) is 11.9. The van der Waals surface area contributed by atoms with Gasteiger partial charge in [-0.2, -0.15) is 0 Å². The minimum absolute atomic E-state index is 0.0909. The van der Waals surface area contributed by atoms with Crippen molar-refractivity contribution in [3.63, 3.8) is 0 Å². The van der Waals surface area contributed by atoms with Crippen LogP contribution in [0.3, 0.4) is 0 Å². The molecule has 3 aromatic rings. The maximum Gasteiger partial charge on any atom is 0.303 e. The lowest BCUT2D eigenvalue weighted by Crippen LogP contribution is -2.65. The molecule has 0 aliphatic carbocycles. The van der Waals surface area contributed by atoms with Gasteiger partial charge in [-0.15, -0.1) is 10.2 Å². The van der Waals surface area contributed by atoms with Gasteiger partial charge in [-0.05, 0) is 30.7 Å². The Hall–Kier alpha value is -4.43. The van der Waals surface area contributed by atoms with Crippen LogP contribution in [0.4, 0.5) is 0 Å². The van der Waals surface area contributed by atoms with Gasteiger partial charge in [-0.25, -0.2) is 0 Å². The molecule has 0 spiro atoms. The highest BCUT2D eigenvalue weighted by molar-refractivity contribution is 7.99. The number of hydrogen-bond donors (Lipinski definition) is 1. The normalized spacial score (nSPS) is 21.2. The number of aromatic nitrogens is 3. The van der Waals surface area contributed by atoms with E-state index >= 15 is 0 Å². The molecule has 0 bridgehead atoms. The van der Waals surface area contributed by atoms with Gasteiger partial charge in [-0.3, -0.25) is 23.7 Å². The molecule has 14 heteroatoms. The monoisotopic (exact) mass is 626 g/mol. The van der Waals surface area contributed by atoms with Crippen molar-refractivity contribution < 1.29 is 42.9 Å². The lowest BCUT2D eigenvalue weighted by molar-refractivity contribution is -0.211. The molecule has 13 nitrogen and oxygen atoms in total. The molecule has 2 heterocycles. The van der Waals surface area contributed by atoms with Crippen molar-refractivity contribution in [2.24, 2.45) is 0 Å². The molecule has 0 radical (unpaired) electrons. The van der Waals surface area contributed by atoms with Crippen molar-refractivity contribution >= 4 is 35.6 Å². The third-order valence-electron chi connectivity index (χ3n) is 6.46. The molecule has 1 aliphatic rings. The summed E-state index contributed by atoms with van der Waals surface area (Å²) >= 11 is 1.10. The topological polar surface area (TPSA) is 157 Å². The van der Waals surface area contributed by atoms with E-state index in [-0.39, 0.29) is 13.2 Å². The van der Waals surface area contributed by atoms with Gasteiger partial charge in [0.2, 0.25) is 5.91 Å². The fourth-order valence-corrected chi connectivity index (χ4v) is 5.84. The highest BCUT2D eigenvalue weighted by Crippen LogP contribution is 2.36. The minimum Gasteiger partial charge on any atom is -0.485 e. The maximum absolute atomic E-state index is 12.4. The smallest absolute Gasteiger partial charge is 0.303 e. The van der Waals surface area contributed by atoms with E-state index in [1.165, 1.54) is 27.7 Å². The van der Waals surface area contributed by atoms with Gasteiger partial charge in [0.1, 0.15) is 36.5 Å². The fourth-order valence-electron chi connectivity index (χ4n) is 4.66. The average molecular weight is 627 g/mol. The summed E-state index contributed by atoms with van der Waals surface area (Å²) in [4.78, 5) is 48.3. The van der Waals surface area contributed by atoms with E-state index in [1.54, 1.807) is 4.57 Å². The Morgan fingerprint density at radius 3 is 2.18 bits per heavy atom. The molecule has 1 aliphatic heterocycles.